The van der Waals surface area contributed by atoms with Crippen LogP contribution < -0.4 is 0 Å². The predicted octanol–water partition coefficient (Wildman–Crippen LogP) is 0.0743. The number of thiol groups is 1. The first-order chi connectivity index (χ1) is 3.18. The van der Waals surface area contributed by atoms with Crippen molar-refractivity contribution in [3.05, 3.63) is 0 Å². The van der Waals surface area contributed by atoms with E-state index in [9.17, 15) is 9.59 Å². The Balaban J connectivity index is 3.58. The van der Waals surface area contributed by atoms with E-state index in [4.69, 9.17) is 0 Å². The number of hydrogen-bond donors (Lipinski definition) is 1. The lowest BCUT2D eigenvalue weighted by molar-refractivity contribution is -0.133. The fourth-order valence-corrected chi connectivity index (χ4v) is 0.334. The van der Waals surface area contributed by atoms with Gasteiger partial charge < -0.3 is 0 Å². The van der Waals surface area contributed by atoms with Gasteiger partial charge in [0.15, 0.2) is 5.78 Å². The Morgan fingerprint density at radius 3 is 2.00 bits per heavy atom. The number of Topliss-reactive ketones (excluding diaryl/α,β-unsaturated/α-hetero) is 2. The second-order valence-electron chi connectivity index (χ2n) is 1.14. The van der Waals surface area contributed by atoms with Gasteiger partial charge in [0.2, 0.25) is 5.78 Å². The van der Waals surface area contributed by atoms with Gasteiger partial charge in [-0.25, -0.2) is 0 Å². The van der Waals surface area contributed by atoms with Crippen molar-refractivity contribution < 1.29 is 9.59 Å². The molecule has 0 heterocycles. The standard InChI is InChI=1S/C4H6O2S/c1-3(5)4(6)2-7/h7H,2H2,1H3. The van der Waals surface area contributed by atoms with Gasteiger partial charge in [-0.15, -0.1) is 0 Å². The Hall–Kier alpha value is -0.310. The van der Waals surface area contributed by atoms with Gasteiger partial charge >= 0.3 is 0 Å². The number of carbonyl (C=O) groups excluding carboxylic acids is 2. The minimum absolute atomic E-state index is 0.0231. The third-order valence-electron chi connectivity index (χ3n) is 0.536. The highest BCUT2D eigenvalue weighted by Crippen LogP contribution is 1.77. The molecule has 3 heteroatoms. The Labute approximate surface area is 47.3 Å². The Kier molecular flexibility index (Phi) is 2.67. The van der Waals surface area contributed by atoms with Crippen LogP contribution in [0.15, 0.2) is 0 Å². The van der Waals surface area contributed by atoms with E-state index in [1.165, 1.54) is 6.92 Å². The van der Waals surface area contributed by atoms with Crippen LogP contribution in [-0.4, -0.2) is 17.3 Å². The van der Waals surface area contributed by atoms with Crippen molar-refractivity contribution in [2.75, 3.05) is 5.75 Å². The normalized spacial score (nSPS) is 8.29. The third-order valence-corrected chi connectivity index (χ3v) is 0.823. The van der Waals surface area contributed by atoms with Gasteiger partial charge in [0.25, 0.3) is 0 Å². The molecule has 0 N–H and O–H groups in total. The van der Waals surface area contributed by atoms with Crippen LogP contribution in [0.25, 0.3) is 0 Å². The van der Waals surface area contributed by atoms with Crippen LogP contribution in [0, 0.1) is 0 Å². The fourth-order valence-electron chi connectivity index (χ4n) is 0.111. The van der Waals surface area contributed by atoms with Gasteiger partial charge in [0, 0.05) is 6.92 Å². The molecule has 0 aromatic heterocycles. The van der Waals surface area contributed by atoms with Crippen LogP contribution in [0.2, 0.25) is 0 Å². The van der Waals surface area contributed by atoms with Crippen LogP contribution in [0.5, 0.6) is 0 Å². The molecular formula is C4H6O2S. The maximum atomic E-state index is 10.1. The van der Waals surface area contributed by atoms with Crippen molar-refractivity contribution in [1.29, 1.82) is 0 Å². The summed E-state index contributed by atoms with van der Waals surface area (Å²) in [4.78, 5) is 20.1. The Morgan fingerprint density at radius 2 is 2.00 bits per heavy atom. The predicted molar refractivity (Wildman–Crippen MR) is 29.5 cm³/mol. The van der Waals surface area contributed by atoms with Crippen LogP contribution in [0.4, 0.5) is 0 Å². The second kappa shape index (κ2) is 2.80. The molecule has 0 aromatic carbocycles. The zero-order valence-corrected chi connectivity index (χ0v) is 4.87. The summed E-state index contributed by atoms with van der Waals surface area (Å²) in [6.45, 7) is 1.23. The first-order valence-electron chi connectivity index (χ1n) is 1.83. The monoisotopic (exact) mass is 118 g/mol. The minimum atomic E-state index is -0.427. The summed E-state index contributed by atoms with van der Waals surface area (Å²) >= 11 is 3.58. The van der Waals surface area contributed by atoms with E-state index in [1.54, 1.807) is 0 Å². The zero-order chi connectivity index (χ0) is 5.86. The molecule has 40 valence electrons. The van der Waals surface area contributed by atoms with Crippen LogP contribution >= 0.6 is 12.6 Å². The summed E-state index contributed by atoms with van der Waals surface area (Å²) in [5, 5.41) is 0. The van der Waals surface area contributed by atoms with Crippen LogP contribution in [0.3, 0.4) is 0 Å². The zero-order valence-electron chi connectivity index (χ0n) is 3.97. The second-order valence-corrected chi connectivity index (χ2v) is 1.45. The maximum Gasteiger partial charge on any atom is 0.207 e. The quantitative estimate of drug-likeness (QED) is 0.411. The molecule has 0 saturated heterocycles. The molecule has 0 aliphatic rings. The molecule has 0 aromatic rings. The van der Waals surface area contributed by atoms with Gasteiger partial charge in [-0.05, 0) is 0 Å². The summed E-state index contributed by atoms with van der Waals surface area (Å²) in [5.74, 6) is -0.826. The summed E-state index contributed by atoms with van der Waals surface area (Å²) in [6, 6.07) is 0. The van der Waals surface area contributed by atoms with Crippen molar-refractivity contribution in [2.45, 2.75) is 6.92 Å². The Morgan fingerprint density at radius 1 is 1.57 bits per heavy atom. The van der Waals surface area contributed by atoms with Gasteiger partial charge in [-0.1, -0.05) is 0 Å². The van der Waals surface area contributed by atoms with Crippen molar-refractivity contribution >= 4 is 24.2 Å². The summed E-state index contributed by atoms with van der Waals surface area (Å²) in [5.41, 5.74) is 0. The highest BCUT2D eigenvalue weighted by molar-refractivity contribution is 7.81. The Bertz CT molecular complexity index is 97.9. The van der Waals surface area contributed by atoms with E-state index in [1.807, 2.05) is 0 Å². The lowest BCUT2D eigenvalue weighted by Gasteiger charge is -1.81. The van der Waals surface area contributed by atoms with Gasteiger partial charge in [-0.2, -0.15) is 12.6 Å². The van der Waals surface area contributed by atoms with E-state index in [2.05, 4.69) is 12.6 Å². The highest BCUT2D eigenvalue weighted by atomic mass is 32.1. The van der Waals surface area contributed by atoms with Gasteiger partial charge in [-0.3, -0.25) is 9.59 Å². The number of carbonyl (C=O) groups is 2. The minimum Gasteiger partial charge on any atom is -0.291 e. The van der Waals surface area contributed by atoms with Gasteiger partial charge in [0.1, 0.15) is 0 Å². The van der Waals surface area contributed by atoms with E-state index < -0.39 is 11.6 Å². The largest absolute Gasteiger partial charge is 0.291 e. The smallest absolute Gasteiger partial charge is 0.207 e. The lowest BCUT2D eigenvalue weighted by Crippen LogP contribution is -2.09. The van der Waals surface area contributed by atoms with E-state index in [0.717, 1.165) is 0 Å². The molecular weight excluding hydrogens is 112 g/mol. The molecule has 0 spiro atoms. The van der Waals surface area contributed by atoms with Crippen molar-refractivity contribution in [3.63, 3.8) is 0 Å². The van der Waals surface area contributed by atoms with E-state index in [0.29, 0.717) is 0 Å². The summed E-state index contributed by atoms with van der Waals surface area (Å²) in [7, 11) is 0. The third kappa shape index (κ3) is 2.39. The molecule has 7 heavy (non-hydrogen) atoms. The topological polar surface area (TPSA) is 34.1 Å². The van der Waals surface area contributed by atoms with Crippen LogP contribution in [-0.2, 0) is 9.59 Å². The number of ketones is 2. The lowest BCUT2D eigenvalue weighted by atomic mass is 10.3. The van der Waals surface area contributed by atoms with Crippen molar-refractivity contribution in [3.8, 4) is 0 Å². The molecule has 0 fully saturated rings. The highest BCUT2D eigenvalue weighted by Gasteiger charge is 2.01. The van der Waals surface area contributed by atoms with Crippen molar-refractivity contribution in [1.82, 2.24) is 0 Å². The SMILES string of the molecule is CC(=O)C(=O)CS. The molecule has 0 radical (unpaired) electrons. The van der Waals surface area contributed by atoms with E-state index in [-0.39, 0.29) is 5.75 Å². The van der Waals surface area contributed by atoms with Gasteiger partial charge in [0.05, 0.1) is 5.75 Å². The summed E-state index contributed by atoms with van der Waals surface area (Å²) < 4.78 is 0. The maximum absolute atomic E-state index is 10.1. The molecule has 2 nitrogen and oxygen atoms in total. The average Bonchev–Trinajstić information content (AvgIpc) is 1.65. The molecule has 0 saturated carbocycles. The summed E-state index contributed by atoms with van der Waals surface area (Å²) in [6.07, 6.45) is 0. The molecule has 0 unspecified atom stereocenters. The fraction of sp³-hybridized carbons (Fsp3) is 0.500. The van der Waals surface area contributed by atoms with Crippen molar-refractivity contribution in [2.24, 2.45) is 0 Å². The van der Waals surface area contributed by atoms with Crippen LogP contribution in [0.1, 0.15) is 6.92 Å². The number of hydrogen-bond acceptors (Lipinski definition) is 3. The average molecular weight is 118 g/mol. The number of rotatable bonds is 2. The first kappa shape index (κ1) is 6.69. The molecule has 0 rings (SSSR count). The first-order valence-corrected chi connectivity index (χ1v) is 2.46. The molecule has 0 aliphatic heterocycles. The molecule has 0 aliphatic carbocycles. The van der Waals surface area contributed by atoms with E-state index >= 15 is 0 Å². The molecule has 0 amide bonds. The molecule has 0 atom stereocenters. The molecule has 0 bridgehead atoms.